The Bertz CT molecular complexity index is 227. The van der Waals surface area contributed by atoms with Gasteiger partial charge in [-0.05, 0) is 25.8 Å². The number of nitrogens with one attached hydrogen (secondary N) is 1. The van der Waals surface area contributed by atoms with E-state index in [0.717, 1.165) is 0 Å². The highest BCUT2D eigenvalue weighted by Gasteiger charge is 2.22. The number of hydrogen-bond donors (Lipinski definition) is 1. The second kappa shape index (κ2) is 4.91. The van der Waals surface area contributed by atoms with E-state index in [2.05, 4.69) is 5.32 Å². The van der Waals surface area contributed by atoms with Crippen molar-refractivity contribution >= 4 is 9.84 Å². The molecule has 0 spiro atoms. The molecule has 0 amide bonds. The molecule has 78 valence electrons. The van der Waals surface area contributed by atoms with Crippen LogP contribution in [0.1, 0.15) is 19.3 Å². The fourth-order valence-corrected chi connectivity index (χ4v) is 2.96. The molecule has 0 aliphatic carbocycles. The van der Waals surface area contributed by atoms with Gasteiger partial charge in [0, 0.05) is 6.04 Å². The summed E-state index contributed by atoms with van der Waals surface area (Å²) in [5, 5.41) is 3.16. The lowest BCUT2D eigenvalue weighted by Gasteiger charge is -2.22. The minimum Gasteiger partial charge on any atom is -0.314 e. The zero-order valence-corrected chi connectivity index (χ0v) is 8.45. The topological polar surface area (TPSA) is 46.2 Å². The van der Waals surface area contributed by atoms with Crippen LogP contribution in [0.25, 0.3) is 0 Å². The fraction of sp³-hybridized carbons (Fsp3) is 1.00. The first-order valence-electron chi connectivity index (χ1n) is 4.64. The maximum absolute atomic E-state index is 11.7. The van der Waals surface area contributed by atoms with Crippen molar-refractivity contribution in [3.05, 3.63) is 0 Å². The van der Waals surface area contributed by atoms with Gasteiger partial charge < -0.3 is 5.32 Å². The van der Waals surface area contributed by atoms with Crippen molar-refractivity contribution in [3.63, 3.8) is 0 Å². The number of halogens is 1. The van der Waals surface area contributed by atoms with Crippen molar-refractivity contribution in [1.29, 1.82) is 0 Å². The minimum absolute atomic E-state index is 0.273. The van der Waals surface area contributed by atoms with Crippen molar-refractivity contribution in [3.8, 4) is 0 Å². The van der Waals surface area contributed by atoms with Gasteiger partial charge in [-0.1, -0.05) is 0 Å². The van der Waals surface area contributed by atoms with Gasteiger partial charge in [0.15, 0.2) is 0 Å². The smallest absolute Gasteiger partial charge is 0.150 e. The highest BCUT2D eigenvalue weighted by molar-refractivity contribution is 7.91. The molecule has 0 aromatic rings. The van der Waals surface area contributed by atoms with Crippen molar-refractivity contribution in [1.82, 2.24) is 5.32 Å². The SMILES string of the molecule is O=S1(=O)CCC(NCCCF)CC1. The molecule has 1 saturated heterocycles. The highest BCUT2D eigenvalue weighted by Crippen LogP contribution is 2.11. The molecule has 0 atom stereocenters. The first kappa shape index (κ1) is 10.9. The molecule has 1 rings (SSSR count). The molecule has 5 heteroatoms. The maximum atomic E-state index is 11.7. The first-order valence-corrected chi connectivity index (χ1v) is 6.46. The summed E-state index contributed by atoms with van der Waals surface area (Å²) in [4.78, 5) is 0. The molecular weight excluding hydrogens is 193 g/mol. The first-order chi connectivity index (χ1) is 6.14. The van der Waals surface area contributed by atoms with Crippen molar-refractivity contribution in [2.24, 2.45) is 0 Å². The predicted molar refractivity (Wildman–Crippen MR) is 50.3 cm³/mol. The van der Waals surface area contributed by atoms with E-state index in [4.69, 9.17) is 0 Å². The normalized spacial score (nSPS) is 23.2. The fourth-order valence-electron chi connectivity index (χ4n) is 1.47. The van der Waals surface area contributed by atoms with E-state index in [1.165, 1.54) is 0 Å². The Kier molecular flexibility index (Phi) is 4.12. The third-order valence-electron chi connectivity index (χ3n) is 2.30. The predicted octanol–water partition coefficient (Wildman–Crippen LogP) is 0.513. The van der Waals surface area contributed by atoms with Crippen molar-refractivity contribution < 1.29 is 12.8 Å². The van der Waals surface area contributed by atoms with Gasteiger partial charge in [0.2, 0.25) is 0 Å². The number of alkyl halides is 1. The second-order valence-electron chi connectivity index (χ2n) is 3.42. The molecule has 1 N–H and O–H groups in total. The van der Waals surface area contributed by atoms with Gasteiger partial charge in [-0.15, -0.1) is 0 Å². The van der Waals surface area contributed by atoms with Crippen LogP contribution in [0.3, 0.4) is 0 Å². The Labute approximate surface area is 78.6 Å². The molecule has 0 unspecified atom stereocenters. The Morgan fingerprint density at radius 3 is 2.46 bits per heavy atom. The third-order valence-corrected chi connectivity index (χ3v) is 4.01. The lowest BCUT2D eigenvalue weighted by atomic mass is 10.1. The van der Waals surface area contributed by atoms with Crippen molar-refractivity contribution in [2.45, 2.75) is 25.3 Å². The van der Waals surface area contributed by atoms with Gasteiger partial charge in [0.05, 0.1) is 18.2 Å². The summed E-state index contributed by atoms with van der Waals surface area (Å²) in [6, 6.07) is 0.273. The number of sulfone groups is 1. The third kappa shape index (κ3) is 4.04. The maximum Gasteiger partial charge on any atom is 0.150 e. The molecule has 13 heavy (non-hydrogen) atoms. The van der Waals surface area contributed by atoms with Crippen LogP contribution in [0, 0.1) is 0 Å². The van der Waals surface area contributed by atoms with Gasteiger partial charge in [-0.3, -0.25) is 4.39 Å². The molecular formula is C8H16FNO2S. The minimum atomic E-state index is -2.76. The molecule has 1 aliphatic rings. The van der Waals surface area contributed by atoms with E-state index in [0.29, 0.717) is 25.8 Å². The number of hydrogen-bond acceptors (Lipinski definition) is 3. The van der Waals surface area contributed by atoms with Gasteiger partial charge in [0.25, 0.3) is 0 Å². The molecule has 3 nitrogen and oxygen atoms in total. The quantitative estimate of drug-likeness (QED) is 0.686. The summed E-state index contributed by atoms with van der Waals surface area (Å²) in [6.45, 7) is 0.346. The van der Waals surface area contributed by atoms with E-state index in [1.807, 2.05) is 0 Å². The van der Waals surface area contributed by atoms with Gasteiger partial charge in [-0.25, -0.2) is 8.42 Å². The van der Waals surface area contributed by atoms with Gasteiger partial charge in [-0.2, -0.15) is 0 Å². The standard InChI is InChI=1S/C8H16FNO2S/c9-4-1-5-10-8-2-6-13(11,12)7-3-8/h8,10H,1-7H2. The summed E-state index contributed by atoms with van der Waals surface area (Å²) in [5.74, 6) is 0.556. The van der Waals surface area contributed by atoms with Gasteiger partial charge in [0.1, 0.15) is 9.84 Å². The zero-order chi connectivity index (χ0) is 9.73. The molecule has 0 aromatic heterocycles. The summed E-state index contributed by atoms with van der Waals surface area (Å²) < 4.78 is 33.8. The summed E-state index contributed by atoms with van der Waals surface area (Å²) in [6.07, 6.45) is 1.87. The average Bonchev–Trinajstić information content (AvgIpc) is 2.08. The van der Waals surface area contributed by atoms with E-state index >= 15 is 0 Å². The van der Waals surface area contributed by atoms with Crippen LogP contribution >= 0.6 is 0 Å². The van der Waals surface area contributed by atoms with E-state index in [9.17, 15) is 12.8 Å². The second-order valence-corrected chi connectivity index (χ2v) is 5.73. The molecule has 1 aliphatic heterocycles. The van der Waals surface area contributed by atoms with E-state index in [1.54, 1.807) is 0 Å². The highest BCUT2D eigenvalue weighted by atomic mass is 32.2. The summed E-state index contributed by atoms with van der Waals surface area (Å²) >= 11 is 0. The Balaban J connectivity index is 2.18. The van der Waals surface area contributed by atoms with Crippen LogP contribution in [0.2, 0.25) is 0 Å². The van der Waals surface area contributed by atoms with E-state index in [-0.39, 0.29) is 24.2 Å². The Morgan fingerprint density at radius 1 is 1.31 bits per heavy atom. The van der Waals surface area contributed by atoms with Crippen LogP contribution < -0.4 is 5.32 Å². The lowest BCUT2D eigenvalue weighted by molar-refractivity contribution is 0.419. The van der Waals surface area contributed by atoms with Crippen LogP contribution in [0.5, 0.6) is 0 Å². The average molecular weight is 209 g/mol. The Morgan fingerprint density at radius 2 is 1.92 bits per heavy atom. The molecule has 0 bridgehead atoms. The van der Waals surface area contributed by atoms with Crippen molar-refractivity contribution in [2.75, 3.05) is 24.7 Å². The lowest BCUT2D eigenvalue weighted by Crippen LogP contribution is -2.38. The largest absolute Gasteiger partial charge is 0.314 e. The van der Waals surface area contributed by atoms with E-state index < -0.39 is 9.84 Å². The molecule has 0 saturated carbocycles. The van der Waals surface area contributed by atoms with Crippen LogP contribution in [0.15, 0.2) is 0 Å². The van der Waals surface area contributed by atoms with Gasteiger partial charge >= 0.3 is 0 Å². The number of rotatable bonds is 4. The van der Waals surface area contributed by atoms with Crippen LogP contribution in [-0.4, -0.2) is 39.2 Å². The van der Waals surface area contributed by atoms with Crippen LogP contribution in [0.4, 0.5) is 4.39 Å². The monoisotopic (exact) mass is 209 g/mol. The van der Waals surface area contributed by atoms with Crippen LogP contribution in [-0.2, 0) is 9.84 Å². The summed E-state index contributed by atoms with van der Waals surface area (Å²) in [5.41, 5.74) is 0. The summed E-state index contributed by atoms with van der Waals surface area (Å²) in [7, 11) is -2.76. The molecule has 1 heterocycles. The molecule has 0 radical (unpaired) electrons. The molecule has 1 fully saturated rings. The zero-order valence-electron chi connectivity index (χ0n) is 7.63. The Hall–Kier alpha value is -0.160. The molecule has 0 aromatic carbocycles.